The van der Waals surface area contributed by atoms with Crippen molar-refractivity contribution in [1.29, 1.82) is 0 Å². The van der Waals surface area contributed by atoms with Gasteiger partial charge in [0.25, 0.3) is 5.91 Å². The zero-order valence-electron chi connectivity index (χ0n) is 19.7. The van der Waals surface area contributed by atoms with Gasteiger partial charge in [0.15, 0.2) is 0 Å². The molecule has 1 aliphatic heterocycles. The van der Waals surface area contributed by atoms with Crippen LogP contribution in [0.5, 0.6) is 17.2 Å². The lowest BCUT2D eigenvalue weighted by molar-refractivity contribution is 0.0732. The SMILES string of the molecule is Cc1cc(C)c(O)c(-c2n[nH]c3c2C(c2cccc(Oc4ccccc4)c2)N(CCCO)C3=O)c1. The van der Waals surface area contributed by atoms with Gasteiger partial charge in [0.1, 0.15) is 28.6 Å². The number of aromatic hydroxyl groups is 1. The largest absolute Gasteiger partial charge is 0.507 e. The fourth-order valence-corrected chi connectivity index (χ4v) is 4.73. The molecule has 3 aromatic carbocycles. The van der Waals surface area contributed by atoms with E-state index in [9.17, 15) is 15.0 Å². The number of hydrogen-bond acceptors (Lipinski definition) is 5. The number of ether oxygens (including phenoxy) is 1. The van der Waals surface area contributed by atoms with E-state index in [2.05, 4.69) is 10.2 Å². The Morgan fingerprint density at radius 3 is 2.57 bits per heavy atom. The van der Waals surface area contributed by atoms with Gasteiger partial charge in [-0.1, -0.05) is 36.4 Å². The van der Waals surface area contributed by atoms with Gasteiger partial charge in [0.05, 0.1) is 6.04 Å². The molecule has 0 radical (unpaired) electrons. The second-order valence-electron chi connectivity index (χ2n) is 8.80. The van der Waals surface area contributed by atoms with Crippen LogP contribution < -0.4 is 4.74 Å². The lowest BCUT2D eigenvalue weighted by atomic mass is 9.94. The van der Waals surface area contributed by atoms with Crippen LogP contribution >= 0.6 is 0 Å². The summed E-state index contributed by atoms with van der Waals surface area (Å²) in [6.07, 6.45) is 0.449. The smallest absolute Gasteiger partial charge is 0.273 e. The number of phenolic OH excluding ortho intramolecular Hbond substituents is 1. The first-order valence-electron chi connectivity index (χ1n) is 11.6. The van der Waals surface area contributed by atoms with Crippen molar-refractivity contribution < 1.29 is 19.7 Å². The molecule has 178 valence electrons. The van der Waals surface area contributed by atoms with Crippen LogP contribution in [0.3, 0.4) is 0 Å². The Kier molecular flexibility index (Phi) is 6.01. The number of aliphatic hydroxyl groups excluding tert-OH is 1. The van der Waals surface area contributed by atoms with Crippen molar-refractivity contribution >= 4 is 5.91 Å². The van der Waals surface area contributed by atoms with E-state index in [1.165, 1.54) is 0 Å². The minimum Gasteiger partial charge on any atom is -0.507 e. The zero-order valence-corrected chi connectivity index (χ0v) is 19.7. The van der Waals surface area contributed by atoms with Gasteiger partial charge in [-0.15, -0.1) is 0 Å². The van der Waals surface area contributed by atoms with Gasteiger partial charge < -0.3 is 19.8 Å². The van der Waals surface area contributed by atoms with Crippen LogP contribution in [0, 0.1) is 13.8 Å². The number of aromatic amines is 1. The Bertz CT molecular complexity index is 1380. The first-order chi connectivity index (χ1) is 17.0. The van der Waals surface area contributed by atoms with Crippen LogP contribution in [0.15, 0.2) is 66.7 Å². The Labute approximate surface area is 203 Å². The topological polar surface area (TPSA) is 98.7 Å². The second-order valence-corrected chi connectivity index (χ2v) is 8.80. The number of nitrogens with zero attached hydrogens (tertiary/aromatic N) is 2. The average Bonchev–Trinajstić information content (AvgIpc) is 3.39. The van der Waals surface area contributed by atoms with E-state index in [1.807, 2.05) is 80.6 Å². The minimum absolute atomic E-state index is 0.0233. The quantitative estimate of drug-likeness (QED) is 0.349. The highest BCUT2D eigenvalue weighted by Crippen LogP contribution is 2.45. The number of hydrogen-bond donors (Lipinski definition) is 3. The van der Waals surface area contributed by atoms with Crippen LogP contribution in [0.1, 0.15) is 45.2 Å². The molecule has 1 aromatic heterocycles. The molecular weight excluding hydrogens is 442 g/mol. The minimum atomic E-state index is -0.447. The molecule has 1 aliphatic rings. The molecule has 0 saturated heterocycles. The maximum atomic E-state index is 13.4. The van der Waals surface area contributed by atoms with Crippen LogP contribution in [-0.4, -0.2) is 44.4 Å². The molecule has 0 fully saturated rings. The molecule has 1 atom stereocenters. The van der Waals surface area contributed by atoms with E-state index in [0.29, 0.717) is 47.0 Å². The third-order valence-electron chi connectivity index (χ3n) is 6.27. The summed E-state index contributed by atoms with van der Waals surface area (Å²) < 4.78 is 6.05. The lowest BCUT2D eigenvalue weighted by Crippen LogP contribution is -2.31. The molecule has 5 rings (SSSR count). The fraction of sp³-hybridized carbons (Fsp3) is 0.214. The van der Waals surface area contributed by atoms with Gasteiger partial charge >= 0.3 is 0 Å². The van der Waals surface area contributed by atoms with Gasteiger partial charge in [-0.3, -0.25) is 9.89 Å². The summed E-state index contributed by atoms with van der Waals surface area (Å²) >= 11 is 0. The molecule has 0 aliphatic carbocycles. The van der Waals surface area contributed by atoms with E-state index < -0.39 is 6.04 Å². The van der Waals surface area contributed by atoms with Crippen LogP contribution in [0.25, 0.3) is 11.3 Å². The van der Waals surface area contributed by atoms with Crippen molar-refractivity contribution in [3.8, 4) is 28.5 Å². The van der Waals surface area contributed by atoms with E-state index in [-0.39, 0.29) is 18.3 Å². The first kappa shape index (κ1) is 22.7. The van der Waals surface area contributed by atoms with E-state index in [0.717, 1.165) is 16.7 Å². The molecule has 3 N–H and O–H groups in total. The number of amides is 1. The van der Waals surface area contributed by atoms with Gasteiger partial charge in [-0.2, -0.15) is 5.10 Å². The standard InChI is InChI=1S/C28H27N3O4/c1-17-14-18(2)27(33)22(15-17)24-23-25(30-29-24)28(34)31(12-7-13-32)26(23)19-8-6-11-21(16-19)35-20-9-4-3-5-10-20/h3-6,8-11,14-16,26,32-33H,7,12-13H2,1-2H3,(H,29,30). The summed E-state index contributed by atoms with van der Waals surface area (Å²) in [5.74, 6) is 1.33. The second kappa shape index (κ2) is 9.27. The maximum absolute atomic E-state index is 13.4. The highest BCUT2D eigenvalue weighted by atomic mass is 16.5. The Morgan fingerprint density at radius 2 is 1.80 bits per heavy atom. The summed E-state index contributed by atoms with van der Waals surface area (Å²) in [6.45, 7) is 4.16. The number of rotatable bonds is 7. The Balaban J connectivity index is 1.63. The van der Waals surface area contributed by atoms with Gasteiger partial charge in [-0.25, -0.2) is 0 Å². The molecule has 0 saturated carbocycles. The predicted molar refractivity (Wildman–Crippen MR) is 133 cm³/mol. The average molecular weight is 470 g/mol. The Morgan fingerprint density at radius 1 is 1.03 bits per heavy atom. The molecule has 2 heterocycles. The fourth-order valence-electron chi connectivity index (χ4n) is 4.73. The first-order valence-corrected chi connectivity index (χ1v) is 11.6. The number of fused-ring (bicyclic) bond motifs is 1. The molecule has 1 unspecified atom stereocenters. The van der Waals surface area contributed by atoms with Crippen molar-refractivity contribution in [3.63, 3.8) is 0 Å². The number of aliphatic hydroxyl groups is 1. The van der Waals surface area contributed by atoms with Crippen LogP contribution in [0.2, 0.25) is 0 Å². The highest BCUT2D eigenvalue weighted by molar-refractivity contribution is 6.00. The molecule has 7 heteroatoms. The molecular formula is C28H27N3O4. The van der Waals surface area contributed by atoms with Gasteiger partial charge in [-0.05, 0) is 67.3 Å². The van der Waals surface area contributed by atoms with Crippen molar-refractivity contribution in [2.45, 2.75) is 26.3 Å². The van der Waals surface area contributed by atoms with Crippen LogP contribution in [-0.2, 0) is 0 Å². The summed E-state index contributed by atoms with van der Waals surface area (Å²) in [7, 11) is 0. The number of nitrogens with one attached hydrogen (secondary N) is 1. The van der Waals surface area contributed by atoms with Crippen molar-refractivity contribution in [2.75, 3.05) is 13.2 Å². The monoisotopic (exact) mass is 469 g/mol. The predicted octanol–water partition coefficient (Wildman–Crippen LogP) is 5.12. The normalized spacial score (nSPS) is 14.9. The maximum Gasteiger partial charge on any atom is 0.273 e. The third kappa shape index (κ3) is 4.15. The molecule has 1 amide bonds. The number of aromatic nitrogens is 2. The summed E-state index contributed by atoms with van der Waals surface area (Å²) in [6, 6.07) is 20.5. The van der Waals surface area contributed by atoms with Crippen molar-refractivity contribution in [1.82, 2.24) is 15.1 Å². The van der Waals surface area contributed by atoms with Crippen LogP contribution in [0.4, 0.5) is 0 Å². The number of H-pyrrole nitrogens is 1. The molecule has 0 spiro atoms. The van der Waals surface area contributed by atoms with E-state index >= 15 is 0 Å². The summed E-state index contributed by atoms with van der Waals surface area (Å²) in [5.41, 5.74) is 4.83. The molecule has 4 aromatic rings. The number of carbonyl (C=O) groups excluding carboxylic acids is 1. The molecule has 0 bridgehead atoms. The number of benzene rings is 3. The molecule has 7 nitrogen and oxygen atoms in total. The van der Waals surface area contributed by atoms with Crippen molar-refractivity contribution in [2.24, 2.45) is 0 Å². The number of para-hydroxylation sites is 1. The zero-order chi connectivity index (χ0) is 24.5. The van der Waals surface area contributed by atoms with Gasteiger partial charge in [0, 0.05) is 24.3 Å². The third-order valence-corrected chi connectivity index (χ3v) is 6.27. The molecule has 35 heavy (non-hydrogen) atoms. The van der Waals surface area contributed by atoms with E-state index in [4.69, 9.17) is 4.74 Å². The number of aryl methyl sites for hydroxylation is 2. The summed E-state index contributed by atoms with van der Waals surface area (Å²) in [5, 5.41) is 27.7. The van der Waals surface area contributed by atoms with E-state index in [1.54, 1.807) is 4.90 Å². The highest BCUT2D eigenvalue weighted by Gasteiger charge is 2.42. The number of phenols is 1. The van der Waals surface area contributed by atoms with Gasteiger partial charge in [0.2, 0.25) is 0 Å². The lowest BCUT2D eigenvalue weighted by Gasteiger charge is -2.26. The van der Waals surface area contributed by atoms with Crippen molar-refractivity contribution in [3.05, 3.63) is 94.7 Å². The summed E-state index contributed by atoms with van der Waals surface area (Å²) in [4.78, 5) is 15.1. The number of carbonyl (C=O) groups is 1. The Hall–Kier alpha value is -4.10.